The van der Waals surface area contributed by atoms with Crippen molar-refractivity contribution in [1.82, 2.24) is 14.5 Å². The number of benzene rings is 2. The molecule has 2 heterocycles. The number of thiazole rings is 1. The summed E-state index contributed by atoms with van der Waals surface area (Å²) in [7, 11) is 0. The molecule has 0 saturated heterocycles. The van der Waals surface area contributed by atoms with Gasteiger partial charge in [0, 0.05) is 23.3 Å². The lowest BCUT2D eigenvalue weighted by atomic mass is 10.2. The minimum Gasteiger partial charge on any atom is -0.490 e. The van der Waals surface area contributed by atoms with Crippen LogP contribution in [0.15, 0.2) is 78.1 Å². The molecule has 7 nitrogen and oxygen atoms in total. The zero-order valence-electron chi connectivity index (χ0n) is 16.1. The van der Waals surface area contributed by atoms with Crippen LogP contribution in [0.3, 0.4) is 0 Å². The first-order chi connectivity index (χ1) is 14.8. The second-order valence-electron chi connectivity index (χ2n) is 6.40. The Morgan fingerprint density at radius 2 is 2.07 bits per heavy atom. The Balaban J connectivity index is 1.38. The van der Waals surface area contributed by atoms with E-state index in [0.29, 0.717) is 42.5 Å². The molecular formula is C22H20N4O3S. The van der Waals surface area contributed by atoms with Gasteiger partial charge in [0.1, 0.15) is 24.7 Å². The van der Waals surface area contributed by atoms with E-state index < -0.39 is 0 Å². The highest BCUT2D eigenvalue weighted by molar-refractivity contribution is 7.07. The van der Waals surface area contributed by atoms with Gasteiger partial charge in [0.05, 0.1) is 29.8 Å². The van der Waals surface area contributed by atoms with Gasteiger partial charge in [0.15, 0.2) is 0 Å². The number of rotatable bonds is 9. The summed E-state index contributed by atoms with van der Waals surface area (Å²) < 4.78 is 13.5. The fourth-order valence-corrected chi connectivity index (χ4v) is 3.31. The molecule has 0 aliphatic rings. The fourth-order valence-electron chi connectivity index (χ4n) is 2.76. The van der Waals surface area contributed by atoms with Crippen LogP contribution in [0.25, 0.3) is 0 Å². The number of amides is 1. The Labute approximate surface area is 177 Å². The predicted octanol–water partition coefficient (Wildman–Crippen LogP) is 4.25. The maximum atomic E-state index is 12.8. The molecule has 4 aromatic rings. The summed E-state index contributed by atoms with van der Waals surface area (Å²) in [6.45, 7) is 1.49. The highest BCUT2D eigenvalue weighted by atomic mass is 32.1. The summed E-state index contributed by atoms with van der Waals surface area (Å²) >= 11 is 1.52. The minimum absolute atomic E-state index is 0.236. The topological polar surface area (TPSA) is 78.3 Å². The molecule has 1 amide bonds. The number of ether oxygens (including phenoxy) is 2. The van der Waals surface area contributed by atoms with E-state index in [4.69, 9.17) is 9.47 Å². The molecule has 4 rings (SSSR count). The molecule has 0 spiro atoms. The van der Waals surface area contributed by atoms with E-state index >= 15 is 0 Å². The van der Waals surface area contributed by atoms with E-state index in [2.05, 4.69) is 15.3 Å². The number of carbonyl (C=O) groups is 1. The Morgan fingerprint density at radius 3 is 2.90 bits per heavy atom. The van der Waals surface area contributed by atoms with E-state index in [1.165, 1.54) is 11.3 Å². The molecule has 0 fully saturated rings. The molecule has 1 N–H and O–H groups in total. The van der Waals surface area contributed by atoms with Gasteiger partial charge in [-0.05, 0) is 30.3 Å². The molecule has 0 saturated carbocycles. The number of anilines is 1. The van der Waals surface area contributed by atoms with Crippen molar-refractivity contribution < 1.29 is 14.3 Å². The Hall–Kier alpha value is -3.65. The summed E-state index contributed by atoms with van der Waals surface area (Å²) in [5, 5.41) is 4.85. The second kappa shape index (κ2) is 9.71. The molecule has 2 aromatic carbocycles. The Morgan fingerprint density at radius 1 is 1.13 bits per heavy atom. The van der Waals surface area contributed by atoms with Gasteiger partial charge in [0.2, 0.25) is 0 Å². The summed E-state index contributed by atoms with van der Waals surface area (Å²) in [6, 6.07) is 14.4. The van der Waals surface area contributed by atoms with E-state index in [-0.39, 0.29) is 5.91 Å². The van der Waals surface area contributed by atoms with Gasteiger partial charge in [0.25, 0.3) is 5.91 Å². The number of hydrogen-bond donors (Lipinski definition) is 1. The SMILES string of the molecule is O=C(Nc1ccccc1OCCn1ccnc1)c1cccc(OCc2cscn2)c1. The number of imidazole rings is 1. The van der Waals surface area contributed by atoms with Crippen LogP contribution >= 0.6 is 11.3 Å². The van der Waals surface area contributed by atoms with Gasteiger partial charge in [-0.2, -0.15) is 0 Å². The fraction of sp³-hybridized carbons (Fsp3) is 0.136. The van der Waals surface area contributed by atoms with Gasteiger partial charge in [-0.15, -0.1) is 11.3 Å². The van der Waals surface area contributed by atoms with Crippen LogP contribution in [0.1, 0.15) is 16.1 Å². The van der Waals surface area contributed by atoms with Crippen LogP contribution in [-0.2, 0) is 13.2 Å². The van der Waals surface area contributed by atoms with Crippen molar-refractivity contribution in [3.63, 3.8) is 0 Å². The van der Waals surface area contributed by atoms with E-state index in [9.17, 15) is 4.79 Å². The minimum atomic E-state index is -0.236. The standard InChI is InChI=1S/C22H20N4O3S/c27-22(17-4-3-5-19(12-17)29-13-18-14-30-16-24-18)25-20-6-1-2-7-21(20)28-11-10-26-9-8-23-15-26/h1-9,12,14-16H,10-11,13H2,(H,25,27). The summed E-state index contributed by atoms with van der Waals surface area (Å²) in [5.41, 5.74) is 3.73. The van der Waals surface area contributed by atoms with Crippen molar-refractivity contribution in [2.75, 3.05) is 11.9 Å². The molecule has 0 bridgehead atoms. The van der Waals surface area contributed by atoms with Crippen LogP contribution in [0.5, 0.6) is 11.5 Å². The first kappa shape index (κ1) is 19.7. The summed E-state index contributed by atoms with van der Waals surface area (Å²) in [4.78, 5) is 21.0. The third kappa shape index (κ3) is 5.24. The van der Waals surface area contributed by atoms with Gasteiger partial charge < -0.3 is 19.4 Å². The average molecular weight is 420 g/mol. The van der Waals surface area contributed by atoms with Crippen LogP contribution in [0, 0.1) is 0 Å². The van der Waals surface area contributed by atoms with Crippen molar-refractivity contribution in [2.24, 2.45) is 0 Å². The zero-order chi connectivity index (χ0) is 20.6. The molecule has 2 aromatic heterocycles. The van der Waals surface area contributed by atoms with Crippen molar-refractivity contribution in [1.29, 1.82) is 0 Å². The lowest BCUT2D eigenvalue weighted by Gasteiger charge is -2.13. The summed E-state index contributed by atoms with van der Waals surface area (Å²) in [5.74, 6) is 0.988. The number of nitrogens with zero attached hydrogens (tertiary/aromatic N) is 3. The molecular weight excluding hydrogens is 400 g/mol. The molecule has 30 heavy (non-hydrogen) atoms. The van der Waals surface area contributed by atoms with Crippen LogP contribution in [0.2, 0.25) is 0 Å². The summed E-state index contributed by atoms with van der Waals surface area (Å²) in [6.07, 6.45) is 5.34. The largest absolute Gasteiger partial charge is 0.490 e. The number of para-hydroxylation sites is 2. The Kier molecular flexibility index (Phi) is 6.36. The number of carbonyl (C=O) groups excluding carboxylic acids is 1. The van der Waals surface area contributed by atoms with E-state index in [0.717, 1.165) is 5.69 Å². The van der Waals surface area contributed by atoms with Gasteiger partial charge in [-0.3, -0.25) is 4.79 Å². The average Bonchev–Trinajstić information content (AvgIpc) is 3.48. The number of aromatic nitrogens is 3. The highest BCUT2D eigenvalue weighted by Gasteiger charge is 2.11. The maximum Gasteiger partial charge on any atom is 0.255 e. The quantitative estimate of drug-likeness (QED) is 0.438. The molecule has 0 unspecified atom stereocenters. The van der Waals surface area contributed by atoms with Gasteiger partial charge >= 0.3 is 0 Å². The number of nitrogens with one attached hydrogen (secondary N) is 1. The monoisotopic (exact) mass is 420 g/mol. The van der Waals surface area contributed by atoms with Crippen molar-refractivity contribution in [3.05, 3.63) is 89.4 Å². The number of hydrogen-bond acceptors (Lipinski definition) is 6. The molecule has 0 atom stereocenters. The van der Waals surface area contributed by atoms with Crippen molar-refractivity contribution in [2.45, 2.75) is 13.2 Å². The lowest BCUT2D eigenvalue weighted by molar-refractivity contribution is 0.102. The first-order valence-electron chi connectivity index (χ1n) is 9.37. The first-order valence-corrected chi connectivity index (χ1v) is 10.3. The van der Waals surface area contributed by atoms with Gasteiger partial charge in [-0.25, -0.2) is 9.97 Å². The molecule has 152 valence electrons. The van der Waals surface area contributed by atoms with Crippen molar-refractivity contribution >= 4 is 22.9 Å². The maximum absolute atomic E-state index is 12.8. The van der Waals surface area contributed by atoms with Crippen molar-refractivity contribution in [3.8, 4) is 11.5 Å². The molecule has 0 aliphatic heterocycles. The van der Waals surface area contributed by atoms with Crippen LogP contribution in [0.4, 0.5) is 5.69 Å². The molecule has 8 heteroatoms. The molecule has 0 radical (unpaired) electrons. The molecule has 0 aliphatic carbocycles. The van der Waals surface area contributed by atoms with Gasteiger partial charge in [-0.1, -0.05) is 18.2 Å². The highest BCUT2D eigenvalue weighted by Crippen LogP contribution is 2.25. The normalized spacial score (nSPS) is 10.5. The Bertz CT molecular complexity index is 1080. The second-order valence-corrected chi connectivity index (χ2v) is 7.11. The third-order valence-corrected chi connectivity index (χ3v) is 4.90. The zero-order valence-corrected chi connectivity index (χ0v) is 16.9. The lowest BCUT2D eigenvalue weighted by Crippen LogP contribution is -2.14. The third-order valence-electron chi connectivity index (χ3n) is 4.27. The van der Waals surface area contributed by atoms with Crippen LogP contribution in [-0.4, -0.2) is 27.0 Å². The smallest absolute Gasteiger partial charge is 0.255 e. The van der Waals surface area contributed by atoms with E-state index in [1.807, 2.05) is 46.5 Å². The van der Waals surface area contributed by atoms with E-state index in [1.54, 1.807) is 36.2 Å². The van der Waals surface area contributed by atoms with Crippen LogP contribution < -0.4 is 14.8 Å². The predicted molar refractivity (Wildman–Crippen MR) is 115 cm³/mol.